The Balaban J connectivity index is 2.84. The highest BCUT2D eigenvalue weighted by atomic mass is 79.9. The van der Waals surface area contributed by atoms with Crippen LogP contribution in [0.2, 0.25) is 0 Å². The standard InChI is InChI=1S/C13H17BrN2O4/c1-8(2)5-9(7-17)15-13(18)11-4-3-10(16(19)20)6-12(11)14/h3-4,6,8-9,17H,5,7H2,1-2H3,(H,15,18). The molecule has 7 heteroatoms. The van der Waals surface area contributed by atoms with E-state index in [0.29, 0.717) is 22.4 Å². The number of nitrogens with one attached hydrogen (secondary N) is 1. The van der Waals surface area contributed by atoms with Crippen LogP contribution in [0.5, 0.6) is 0 Å². The van der Waals surface area contributed by atoms with E-state index < -0.39 is 4.92 Å². The molecule has 0 saturated carbocycles. The number of nitro benzene ring substituents is 1. The molecule has 0 bridgehead atoms. The van der Waals surface area contributed by atoms with Crippen LogP contribution in [0.4, 0.5) is 5.69 Å². The van der Waals surface area contributed by atoms with Crippen molar-refractivity contribution < 1.29 is 14.8 Å². The molecule has 110 valence electrons. The van der Waals surface area contributed by atoms with Gasteiger partial charge in [-0.05, 0) is 34.3 Å². The first-order valence-electron chi connectivity index (χ1n) is 6.20. The summed E-state index contributed by atoms with van der Waals surface area (Å²) in [6.45, 7) is 3.85. The van der Waals surface area contributed by atoms with Crippen molar-refractivity contribution in [2.75, 3.05) is 6.61 Å². The number of benzene rings is 1. The van der Waals surface area contributed by atoms with Crippen LogP contribution in [-0.2, 0) is 0 Å². The monoisotopic (exact) mass is 344 g/mol. The number of amides is 1. The van der Waals surface area contributed by atoms with Gasteiger partial charge in [-0.25, -0.2) is 0 Å². The maximum Gasteiger partial charge on any atom is 0.270 e. The molecule has 0 saturated heterocycles. The Kier molecular flexibility index (Phi) is 6.09. The van der Waals surface area contributed by atoms with Gasteiger partial charge in [-0.2, -0.15) is 0 Å². The van der Waals surface area contributed by atoms with Crippen molar-refractivity contribution in [3.8, 4) is 0 Å². The van der Waals surface area contributed by atoms with Gasteiger partial charge in [-0.1, -0.05) is 13.8 Å². The fraction of sp³-hybridized carbons (Fsp3) is 0.462. The largest absolute Gasteiger partial charge is 0.394 e. The highest BCUT2D eigenvalue weighted by molar-refractivity contribution is 9.10. The van der Waals surface area contributed by atoms with Crippen molar-refractivity contribution in [1.82, 2.24) is 5.32 Å². The smallest absolute Gasteiger partial charge is 0.270 e. The van der Waals surface area contributed by atoms with Crippen LogP contribution in [0, 0.1) is 16.0 Å². The molecule has 1 aromatic rings. The first kappa shape index (κ1) is 16.6. The fourth-order valence-corrected chi connectivity index (χ4v) is 2.36. The number of hydrogen-bond donors (Lipinski definition) is 2. The summed E-state index contributed by atoms with van der Waals surface area (Å²) in [6, 6.07) is 3.62. The number of aliphatic hydroxyl groups excluding tert-OH is 1. The number of non-ortho nitro benzene ring substituents is 1. The molecule has 0 heterocycles. The van der Waals surface area contributed by atoms with E-state index in [1.807, 2.05) is 13.8 Å². The van der Waals surface area contributed by atoms with E-state index in [1.165, 1.54) is 18.2 Å². The Morgan fingerprint density at radius 2 is 2.15 bits per heavy atom. The van der Waals surface area contributed by atoms with Crippen molar-refractivity contribution in [3.63, 3.8) is 0 Å². The van der Waals surface area contributed by atoms with Crippen LogP contribution < -0.4 is 5.32 Å². The zero-order valence-corrected chi connectivity index (χ0v) is 12.9. The zero-order valence-electron chi connectivity index (χ0n) is 11.3. The molecule has 1 atom stereocenters. The van der Waals surface area contributed by atoms with Gasteiger partial charge in [0.05, 0.1) is 23.1 Å². The molecule has 2 N–H and O–H groups in total. The van der Waals surface area contributed by atoms with E-state index in [9.17, 15) is 20.0 Å². The van der Waals surface area contributed by atoms with Gasteiger partial charge in [0.15, 0.2) is 0 Å². The third kappa shape index (κ3) is 4.57. The summed E-state index contributed by atoms with van der Waals surface area (Å²) >= 11 is 3.15. The molecule has 0 aliphatic carbocycles. The number of halogens is 1. The predicted octanol–water partition coefficient (Wildman–Crippen LogP) is 2.49. The second-order valence-electron chi connectivity index (χ2n) is 4.90. The molecule has 1 rings (SSSR count). The normalized spacial score (nSPS) is 12.2. The molecule has 1 unspecified atom stereocenters. The number of rotatable bonds is 6. The lowest BCUT2D eigenvalue weighted by Gasteiger charge is -2.18. The minimum atomic E-state index is -0.526. The van der Waals surface area contributed by atoms with Crippen molar-refractivity contribution >= 4 is 27.5 Å². The molecule has 0 spiro atoms. The third-order valence-corrected chi connectivity index (χ3v) is 3.38. The van der Waals surface area contributed by atoms with Crippen LogP contribution >= 0.6 is 15.9 Å². The Hall–Kier alpha value is -1.47. The number of nitro groups is 1. The molecule has 0 radical (unpaired) electrons. The number of hydrogen-bond acceptors (Lipinski definition) is 4. The van der Waals surface area contributed by atoms with Gasteiger partial charge in [-0.3, -0.25) is 14.9 Å². The van der Waals surface area contributed by atoms with E-state index in [2.05, 4.69) is 21.2 Å². The predicted molar refractivity (Wildman–Crippen MR) is 78.6 cm³/mol. The lowest BCUT2D eigenvalue weighted by atomic mass is 10.0. The summed E-state index contributed by atoms with van der Waals surface area (Å²) in [7, 11) is 0. The summed E-state index contributed by atoms with van der Waals surface area (Å²) < 4.78 is 0.352. The van der Waals surface area contributed by atoms with E-state index in [1.54, 1.807) is 0 Å². The van der Waals surface area contributed by atoms with Crippen molar-refractivity contribution in [2.24, 2.45) is 5.92 Å². The molecule has 0 aliphatic heterocycles. The van der Waals surface area contributed by atoms with Gasteiger partial charge in [-0.15, -0.1) is 0 Å². The highest BCUT2D eigenvalue weighted by Gasteiger charge is 2.18. The number of carbonyl (C=O) groups excluding carboxylic acids is 1. The van der Waals surface area contributed by atoms with Gasteiger partial charge in [0.2, 0.25) is 0 Å². The SMILES string of the molecule is CC(C)CC(CO)NC(=O)c1ccc([N+](=O)[O-])cc1Br. The average molecular weight is 345 g/mol. The van der Waals surface area contributed by atoms with Gasteiger partial charge < -0.3 is 10.4 Å². The molecule has 0 fully saturated rings. The first-order chi connectivity index (χ1) is 9.35. The number of nitrogens with zero attached hydrogens (tertiary/aromatic N) is 1. The molecule has 20 heavy (non-hydrogen) atoms. The lowest BCUT2D eigenvalue weighted by molar-refractivity contribution is -0.384. The molecule has 1 aromatic carbocycles. The lowest BCUT2D eigenvalue weighted by Crippen LogP contribution is -2.38. The quantitative estimate of drug-likeness (QED) is 0.612. The highest BCUT2D eigenvalue weighted by Crippen LogP contribution is 2.23. The second kappa shape index (κ2) is 7.35. The van der Waals surface area contributed by atoms with Crippen LogP contribution in [-0.4, -0.2) is 28.6 Å². The summed E-state index contributed by atoms with van der Waals surface area (Å²) in [5.74, 6) is -0.0285. The van der Waals surface area contributed by atoms with E-state index in [4.69, 9.17) is 0 Å². The first-order valence-corrected chi connectivity index (χ1v) is 7.00. The Labute approximate surface area is 125 Å². The fourth-order valence-electron chi connectivity index (χ4n) is 1.81. The van der Waals surface area contributed by atoms with Gasteiger partial charge in [0, 0.05) is 16.6 Å². The van der Waals surface area contributed by atoms with Crippen LogP contribution in [0.25, 0.3) is 0 Å². The molecule has 1 amide bonds. The molecule has 0 aliphatic rings. The minimum Gasteiger partial charge on any atom is -0.394 e. The minimum absolute atomic E-state index is 0.0886. The Morgan fingerprint density at radius 3 is 2.60 bits per heavy atom. The molecular formula is C13H17BrN2O4. The molecule has 0 aromatic heterocycles. The molecular weight excluding hydrogens is 328 g/mol. The topological polar surface area (TPSA) is 92.5 Å². The van der Waals surface area contributed by atoms with Crippen LogP contribution in [0.15, 0.2) is 22.7 Å². The molecule has 6 nitrogen and oxygen atoms in total. The maximum absolute atomic E-state index is 12.1. The van der Waals surface area contributed by atoms with Gasteiger partial charge in [0.25, 0.3) is 11.6 Å². The Morgan fingerprint density at radius 1 is 1.50 bits per heavy atom. The van der Waals surface area contributed by atoms with Gasteiger partial charge in [0.1, 0.15) is 0 Å². The summed E-state index contributed by atoms with van der Waals surface area (Å²) in [5.41, 5.74) is 0.215. The van der Waals surface area contributed by atoms with Crippen molar-refractivity contribution in [1.29, 1.82) is 0 Å². The third-order valence-electron chi connectivity index (χ3n) is 2.72. The summed E-state index contributed by atoms with van der Waals surface area (Å²) in [4.78, 5) is 22.2. The average Bonchev–Trinajstić information content (AvgIpc) is 2.36. The van der Waals surface area contributed by atoms with E-state index in [-0.39, 0.29) is 24.2 Å². The second-order valence-corrected chi connectivity index (χ2v) is 5.76. The number of carbonyl (C=O) groups is 1. The zero-order chi connectivity index (χ0) is 15.3. The summed E-state index contributed by atoms with van der Waals surface area (Å²) in [5, 5.41) is 22.6. The Bertz CT molecular complexity index is 505. The van der Waals surface area contributed by atoms with Crippen LogP contribution in [0.1, 0.15) is 30.6 Å². The maximum atomic E-state index is 12.1. The van der Waals surface area contributed by atoms with Crippen LogP contribution in [0.3, 0.4) is 0 Å². The van der Waals surface area contributed by atoms with Crippen molar-refractivity contribution in [2.45, 2.75) is 26.3 Å². The van der Waals surface area contributed by atoms with E-state index in [0.717, 1.165) is 0 Å². The number of aliphatic hydroxyl groups is 1. The van der Waals surface area contributed by atoms with Crippen molar-refractivity contribution in [3.05, 3.63) is 38.3 Å². The summed E-state index contributed by atoms with van der Waals surface area (Å²) in [6.07, 6.45) is 0.660. The van der Waals surface area contributed by atoms with Gasteiger partial charge >= 0.3 is 0 Å². The van der Waals surface area contributed by atoms with E-state index >= 15 is 0 Å².